The first-order valence-corrected chi connectivity index (χ1v) is 6.29. The second kappa shape index (κ2) is 5.38. The van der Waals surface area contributed by atoms with Crippen molar-refractivity contribution >= 4 is 10.8 Å². The Morgan fingerprint density at radius 3 is 2.44 bits per heavy atom. The highest BCUT2D eigenvalue weighted by atomic mass is 16.3. The molecule has 0 saturated carbocycles. The lowest BCUT2D eigenvalue weighted by atomic mass is 9.94. The SMILES string of the molecule is CCC[C@@H](O)[C@@H](N)c1ccc(O)c2ccccc12. The molecule has 4 N–H and O–H groups in total. The standard InChI is InChI=1S/C15H19NO2/c1-2-5-14(18)15(16)12-8-9-13(17)11-7-4-3-6-10(11)12/h3-4,6-9,14-15,17-18H,2,5,16H2,1H3/t14-,15+/m1/s1. The maximum atomic E-state index is 10.0. The van der Waals surface area contributed by atoms with Crippen molar-refractivity contribution in [3.05, 3.63) is 42.0 Å². The minimum absolute atomic E-state index is 0.242. The largest absolute Gasteiger partial charge is 0.507 e. The molecule has 3 nitrogen and oxygen atoms in total. The fourth-order valence-electron chi connectivity index (χ4n) is 2.28. The summed E-state index contributed by atoms with van der Waals surface area (Å²) in [6.07, 6.45) is 1.02. The summed E-state index contributed by atoms with van der Waals surface area (Å²) in [4.78, 5) is 0. The zero-order valence-corrected chi connectivity index (χ0v) is 10.5. The molecule has 0 saturated heterocycles. The Bertz CT molecular complexity index is 539. The summed E-state index contributed by atoms with van der Waals surface area (Å²) in [7, 11) is 0. The number of aromatic hydroxyl groups is 1. The monoisotopic (exact) mass is 245 g/mol. The molecule has 0 amide bonds. The molecule has 0 bridgehead atoms. The van der Waals surface area contributed by atoms with Crippen LogP contribution in [0.2, 0.25) is 0 Å². The van der Waals surface area contributed by atoms with Crippen molar-refractivity contribution in [2.24, 2.45) is 5.73 Å². The van der Waals surface area contributed by atoms with Gasteiger partial charge in [0.05, 0.1) is 12.1 Å². The molecule has 0 radical (unpaired) electrons. The van der Waals surface area contributed by atoms with Crippen molar-refractivity contribution in [2.45, 2.75) is 31.9 Å². The molecule has 2 aromatic rings. The van der Waals surface area contributed by atoms with Gasteiger partial charge in [0, 0.05) is 5.39 Å². The number of rotatable bonds is 4. The van der Waals surface area contributed by atoms with E-state index in [-0.39, 0.29) is 5.75 Å². The summed E-state index contributed by atoms with van der Waals surface area (Å²) in [5.41, 5.74) is 6.99. The van der Waals surface area contributed by atoms with Gasteiger partial charge in [0.2, 0.25) is 0 Å². The zero-order chi connectivity index (χ0) is 13.1. The lowest BCUT2D eigenvalue weighted by Crippen LogP contribution is -2.26. The van der Waals surface area contributed by atoms with Gasteiger partial charge in [-0.25, -0.2) is 0 Å². The summed E-state index contributed by atoms with van der Waals surface area (Å²) < 4.78 is 0. The topological polar surface area (TPSA) is 66.5 Å². The van der Waals surface area contributed by atoms with Crippen LogP contribution in [0.3, 0.4) is 0 Å². The van der Waals surface area contributed by atoms with Gasteiger partial charge in [-0.2, -0.15) is 0 Å². The molecule has 0 fully saturated rings. The van der Waals surface area contributed by atoms with Gasteiger partial charge < -0.3 is 15.9 Å². The van der Waals surface area contributed by atoms with Gasteiger partial charge in [-0.1, -0.05) is 43.7 Å². The Morgan fingerprint density at radius 2 is 1.78 bits per heavy atom. The molecule has 0 spiro atoms. The van der Waals surface area contributed by atoms with Crippen LogP contribution in [0, 0.1) is 0 Å². The van der Waals surface area contributed by atoms with Crippen LogP contribution in [0.5, 0.6) is 5.75 Å². The summed E-state index contributed by atoms with van der Waals surface area (Å²) in [6.45, 7) is 2.02. The van der Waals surface area contributed by atoms with Crippen LogP contribution in [0.15, 0.2) is 36.4 Å². The second-order valence-electron chi connectivity index (χ2n) is 4.60. The maximum absolute atomic E-state index is 10.0. The smallest absolute Gasteiger partial charge is 0.123 e. The summed E-state index contributed by atoms with van der Waals surface area (Å²) in [5, 5.41) is 21.5. The third-order valence-electron chi connectivity index (χ3n) is 3.29. The van der Waals surface area contributed by atoms with Crippen LogP contribution in [-0.4, -0.2) is 16.3 Å². The van der Waals surface area contributed by atoms with Gasteiger partial charge in [-0.3, -0.25) is 0 Å². The number of hydrogen-bond donors (Lipinski definition) is 3. The molecule has 0 aliphatic heterocycles. The highest BCUT2D eigenvalue weighted by Crippen LogP contribution is 2.31. The molecular formula is C15H19NO2. The maximum Gasteiger partial charge on any atom is 0.123 e. The first kappa shape index (κ1) is 12.9. The number of phenolic OH excluding ortho intramolecular Hbond substituents is 1. The van der Waals surface area contributed by atoms with Gasteiger partial charge in [-0.15, -0.1) is 0 Å². The van der Waals surface area contributed by atoms with Crippen molar-refractivity contribution in [3.8, 4) is 5.75 Å². The number of fused-ring (bicyclic) bond motifs is 1. The Labute approximate surface area is 107 Å². The van der Waals surface area contributed by atoms with Crippen LogP contribution in [0.25, 0.3) is 10.8 Å². The second-order valence-corrected chi connectivity index (χ2v) is 4.60. The van der Waals surface area contributed by atoms with Crippen molar-refractivity contribution < 1.29 is 10.2 Å². The first-order valence-electron chi connectivity index (χ1n) is 6.29. The number of benzene rings is 2. The molecule has 2 aromatic carbocycles. The number of nitrogens with two attached hydrogens (primary N) is 1. The Balaban J connectivity index is 2.48. The van der Waals surface area contributed by atoms with Gasteiger partial charge >= 0.3 is 0 Å². The lowest BCUT2D eigenvalue weighted by molar-refractivity contribution is 0.135. The van der Waals surface area contributed by atoms with Crippen LogP contribution in [0.4, 0.5) is 0 Å². The van der Waals surface area contributed by atoms with Crippen molar-refractivity contribution in [1.82, 2.24) is 0 Å². The van der Waals surface area contributed by atoms with E-state index in [0.717, 1.165) is 22.8 Å². The molecule has 3 heteroatoms. The third-order valence-corrected chi connectivity index (χ3v) is 3.29. The van der Waals surface area contributed by atoms with E-state index >= 15 is 0 Å². The van der Waals surface area contributed by atoms with Crippen molar-refractivity contribution in [1.29, 1.82) is 0 Å². The van der Waals surface area contributed by atoms with E-state index in [1.54, 1.807) is 12.1 Å². The molecule has 0 aliphatic rings. The molecule has 0 aromatic heterocycles. The number of phenols is 1. The van der Waals surface area contributed by atoms with Crippen LogP contribution in [0.1, 0.15) is 31.4 Å². The summed E-state index contributed by atoms with van der Waals surface area (Å²) >= 11 is 0. The molecule has 2 atom stereocenters. The number of aliphatic hydroxyl groups is 1. The minimum Gasteiger partial charge on any atom is -0.507 e. The average molecular weight is 245 g/mol. The highest BCUT2D eigenvalue weighted by Gasteiger charge is 2.18. The summed E-state index contributed by atoms with van der Waals surface area (Å²) in [6, 6.07) is 10.6. The van der Waals surface area contributed by atoms with Gasteiger partial charge in [0.1, 0.15) is 5.75 Å². The minimum atomic E-state index is -0.553. The van der Waals surface area contributed by atoms with E-state index in [4.69, 9.17) is 5.73 Å². The van der Waals surface area contributed by atoms with Crippen LogP contribution >= 0.6 is 0 Å². The first-order chi connectivity index (χ1) is 8.65. The lowest BCUT2D eigenvalue weighted by Gasteiger charge is -2.20. The van der Waals surface area contributed by atoms with Gasteiger partial charge in [0.25, 0.3) is 0 Å². The van der Waals surface area contributed by atoms with E-state index in [1.807, 2.05) is 31.2 Å². The summed E-state index contributed by atoms with van der Waals surface area (Å²) in [5.74, 6) is 0.242. The average Bonchev–Trinajstić information content (AvgIpc) is 2.39. The molecule has 0 aliphatic carbocycles. The Kier molecular flexibility index (Phi) is 3.84. The van der Waals surface area contributed by atoms with E-state index in [0.29, 0.717) is 6.42 Å². The van der Waals surface area contributed by atoms with E-state index in [1.165, 1.54) is 0 Å². The molecule has 2 rings (SSSR count). The normalized spacial score (nSPS) is 14.6. The van der Waals surface area contributed by atoms with Crippen LogP contribution in [-0.2, 0) is 0 Å². The quantitative estimate of drug-likeness (QED) is 0.776. The third kappa shape index (κ3) is 2.33. The predicted molar refractivity (Wildman–Crippen MR) is 73.5 cm³/mol. The van der Waals surface area contributed by atoms with E-state index in [9.17, 15) is 10.2 Å². The Hall–Kier alpha value is -1.58. The van der Waals surface area contributed by atoms with Gasteiger partial charge in [-0.05, 0) is 23.4 Å². The Morgan fingerprint density at radius 1 is 1.11 bits per heavy atom. The molecular weight excluding hydrogens is 226 g/mol. The van der Waals surface area contributed by atoms with Crippen molar-refractivity contribution in [2.75, 3.05) is 0 Å². The fourth-order valence-corrected chi connectivity index (χ4v) is 2.28. The predicted octanol–water partition coefficient (Wildman–Crippen LogP) is 2.71. The van der Waals surface area contributed by atoms with E-state index < -0.39 is 12.1 Å². The van der Waals surface area contributed by atoms with Crippen LogP contribution < -0.4 is 5.73 Å². The molecule has 0 unspecified atom stereocenters. The molecule has 96 valence electrons. The van der Waals surface area contributed by atoms with Gasteiger partial charge in [0.15, 0.2) is 0 Å². The molecule has 18 heavy (non-hydrogen) atoms. The van der Waals surface area contributed by atoms with Crippen molar-refractivity contribution in [3.63, 3.8) is 0 Å². The zero-order valence-electron chi connectivity index (χ0n) is 10.5. The number of hydrogen-bond acceptors (Lipinski definition) is 3. The fraction of sp³-hybridized carbons (Fsp3) is 0.333. The highest BCUT2D eigenvalue weighted by molar-refractivity contribution is 5.91. The number of aliphatic hydroxyl groups excluding tert-OH is 1. The van der Waals surface area contributed by atoms with E-state index in [2.05, 4.69) is 0 Å². The molecule has 0 heterocycles.